The molecule has 1 aromatic carbocycles. The van der Waals surface area contributed by atoms with Crippen molar-refractivity contribution in [3.8, 4) is 10.4 Å². The Labute approximate surface area is 134 Å². The first-order chi connectivity index (χ1) is 9.61. The van der Waals surface area contributed by atoms with E-state index in [0.717, 1.165) is 17.0 Å². The molecule has 2 aromatic rings. The fraction of sp³-hybridized carbons (Fsp3) is 0.267. The normalized spacial score (nSPS) is 10.0. The lowest BCUT2D eigenvalue weighted by Gasteiger charge is -2.15. The molecule has 0 aliphatic heterocycles. The number of halogens is 2. The van der Waals surface area contributed by atoms with Crippen LogP contribution in [0.15, 0.2) is 36.4 Å². The number of carbonyl (C=O) groups is 1. The van der Waals surface area contributed by atoms with Crippen molar-refractivity contribution in [2.75, 3.05) is 27.2 Å². The number of nitrogens with one attached hydrogen (secondary N) is 1. The molecule has 0 atom stereocenters. The van der Waals surface area contributed by atoms with E-state index in [-0.39, 0.29) is 24.1 Å². The number of thiophene rings is 1. The standard InChI is InChI=1S/C15H17FN2OS.ClH/c1-17-9-10-18(2)15(19)14-8-7-13(20-14)11-3-5-12(16)6-4-11;/h3-8,17H,9-10H2,1-2H3;1H. The highest BCUT2D eigenvalue weighted by Crippen LogP contribution is 2.28. The molecule has 1 amide bonds. The van der Waals surface area contributed by atoms with Crippen LogP contribution in [0.1, 0.15) is 9.67 Å². The quantitative estimate of drug-likeness (QED) is 0.913. The molecule has 1 N–H and O–H groups in total. The molecular formula is C15H18ClFN2OS. The number of hydrogen-bond donors (Lipinski definition) is 1. The number of hydrogen-bond acceptors (Lipinski definition) is 3. The molecule has 0 radical (unpaired) electrons. The Morgan fingerprint density at radius 2 is 1.90 bits per heavy atom. The van der Waals surface area contributed by atoms with Gasteiger partial charge in [-0.3, -0.25) is 4.79 Å². The summed E-state index contributed by atoms with van der Waals surface area (Å²) in [6.07, 6.45) is 0. The van der Waals surface area contributed by atoms with Crippen LogP contribution >= 0.6 is 23.7 Å². The molecule has 0 spiro atoms. The van der Waals surface area contributed by atoms with Gasteiger partial charge < -0.3 is 10.2 Å². The number of rotatable bonds is 5. The van der Waals surface area contributed by atoms with Gasteiger partial charge in [0.2, 0.25) is 0 Å². The molecule has 0 bridgehead atoms. The highest BCUT2D eigenvalue weighted by Gasteiger charge is 2.14. The second-order valence-electron chi connectivity index (χ2n) is 4.50. The molecule has 1 aromatic heterocycles. The third-order valence-electron chi connectivity index (χ3n) is 2.99. The average molecular weight is 329 g/mol. The zero-order valence-corrected chi connectivity index (χ0v) is 13.6. The molecule has 3 nitrogen and oxygen atoms in total. The van der Waals surface area contributed by atoms with E-state index in [1.54, 1.807) is 24.1 Å². The second kappa shape index (κ2) is 8.12. The lowest BCUT2D eigenvalue weighted by atomic mass is 10.2. The second-order valence-corrected chi connectivity index (χ2v) is 5.58. The van der Waals surface area contributed by atoms with E-state index in [9.17, 15) is 9.18 Å². The minimum Gasteiger partial charge on any atom is -0.340 e. The third-order valence-corrected chi connectivity index (χ3v) is 4.11. The van der Waals surface area contributed by atoms with Crippen LogP contribution in [0.25, 0.3) is 10.4 Å². The maximum Gasteiger partial charge on any atom is 0.263 e. The van der Waals surface area contributed by atoms with Gasteiger partial charge in [0, 0.05) is 25.0 Å². The van der Waals surface area contributed by atoms with E-state index in [1.165, 1.54) is 23.5 Å². The molecular weight excluding hydrogens is 311 g/mol. The fourth-order valence-electron chi connectivity index (χ4n) is 1.79. The van der Waals surface area contributed by atoms with Gasteiger partial charge in [-0.1, -0.05) is 12.1 Å². The van der Waals surface area contributed by atoms with Crippen LogP contribution in [0.3, 0.4) is 0 Å². The first-order valence-electron chi connectivity index (χ1n) is 6.37. The van der Waals surface area contributed by atoms with E-state index >= 15 is 0 Å². The molecule has 0 saturated carbocycles. The predicted molar refractivity (Wildman–Crippen MR) is 87.8 cm³/mol. The van der Waals surface area contributed by atoms with Crippen molar-refractivity contribution in [3.05, 3.63) is 47.1 Å². The summed E-state index contributed by atoms with van der Waals surface area (Å²) >= 11 is 1.43. The van der Waals surface area contributed by atoms with Gasteiger partial charge in [-0.15, -0.1) is 23.7 Å². The molecule has 0 unspecified atom stereocenters. The summed E-state index contributed by atoms with van der Waals surface area (Å²) in [5, 5.41) is 3.02. The monoisotopic (exact) mass is 328 g/mol. The SMILES string of the molecule is CNCCN(C)C(=O)c1ccc(-c2ccc(F)cc2)s1.Cl. The Balaban J connectivity index is 0.00000220. The third kappa shape index (κ3) is 4.52. The Kier molecular flexibility index (Phi) is 6.81. The summed E-state index contributed by atoms with van der Waals surface area (Å²) < 4.78 is 12.9. The van der Waals surface area contributed by atoms with E-state index in [0.29, 0.717) is 11.4 Å². The van der Waals surface area contributed by atoms with Crippen molar-refractivity contribution in [2.45, 2.75) is 0 Å². The van der Waals surface area contributed by atoms with Crippen LogP contribution in [0, 0.1) is 5.82 Å². The van der Waals surface area contributed by atoms with Gasteiger partial charge in [-0.2, -0.15) is 0 Å². The van der Waals surface area contributed by atoms with E-state index in [4.69, 9.17) is 0 Å². The molecule has 6 heteroatoms. The van der Waals surface area contributed by atoms with Gasteiger partial charge in [-0.05, 0) is 36.9 Å². The van der Waals surface area contributed by atoms with Crippen LogP contribution < -0.4 is 5.32 Å². The van der Waals surface area contributed by atoms with E-state index < -0.39 is 0 Å². The van der Waals surface area contributed by atoms with Crippen molar-refractivity contribution in [1.29, 1.82) is 0 Å². The van der Waals surface area contributed by atoms with Crippen LogP contribution in [-0.2, 0) is 0 Å². The number of amides is 1. The van der Waals surface area contributed by atoms with E-state index in [2.05, 4.69) is 5.32 Å². The van der Waals surface area contributed by atoms with Gasteiger partial charge >= 0.3 is 0 Å². The highest BCUT2D eigenvalue weighted by molar-refractivity contribution is 7.17. The summed E-state index contributed by atoms with van der Waals surface area (Å²) in [7, 11) is 3.65. The molecule has 114 valence electrons. The maximum absolute atomic E-state index is 12.9. The zero-order chi connectivity index (χ0) is 14.5. The van der Waals surface area contributed by atoms with Crippen molar-refractivity contribution in [1.82, 2.24) is 10.2 Å². The average Bonchev–Trinajstić information content (AvgIpc) is 2.94. The predicted octanol–water partition coefficient (Wildman–Crippen LogP) is 3.27. The topological polar surface area (TPSA) is 32.3 Å². The van der Waals surface area contributed by atoms with E-state index in [1.807, 2.05) is 19.2 Å². The van der Waals surface area contributed by atoms with Gasteiger partial charge in [0.25, 0.3) is 5.91 Å². The maximum atomic E-state index is 12.9. The van der Waals surface area contributed by atoms with Gasteiger partial charge in [-0.25, -0.2) is 4.39 Å². The van der Waals surface area contributed by atoms with Crippen molar-refractivity contribution >= 4 is 29.7 Å². The molecule has 0 saturated heterocycles. The zero-order valence-electron chi connectivity index (χ0n) is 11.9. The van der Waals surface area contributed by atoms with Gasteiger partial charge in [0.05, 0.1) is 4.88 Å². The fourth-order valence-corrected chi connectivity index (χ4v) is 2.80. The molecule has 1 heterocycles. The Hall–Kier alpha value is -1.43. The lowest BCUT2D eigenvalue weighted by Crippen LogP contribution is -2.32. The Bertz CT molecular complexity index is 586. The molecule has 0 aliphatic rings. The molecule has 2 rings (SSSR count). The van der Waals surface area contributed by atoms with Gasteiger partial charge in [0.15, 0.2) is 0 Å². The van der Waals surface area contributed by atoms with Crippen molar-refractivity contribution in [2.24, 2.45) is 0 Å². The molecule has 0 fully saturated rings. The molecule has 21 heavy (non-hydrogen) atoms. The van der Waals surface area contributed by atoms with Crippen LogP contribution in [-0.4, -0.2) is 38.0 Å². The lowest BCUT2D eigenvalue weighted by molar-refractivity contribution is 0.0801. The number of nitrogens with zero attached hydrogens (tertiary/aromatic N) is 1. The highest BCUT2D eigenvalue weighted by atomic mass is 35.5. The van der Waals surface area contributed by atoms with Crippen molar-refractivity contribution < 1.29 is 9.18 Å². The van der Waals surface area contributed by atoms with Crippen LogP contribution in [0.4, 0.5) is 4.39 Å². The summed E-state index contributed by atoms with van der Waals surface area (Å²) in [6, 6.07) is 10.0. The number of benzene rings is 1. The number of carbonyl (C=O) groups excluding carboxylic acids is 1. The molecule has 0 aliphatic carbocycles. The largest absolute Gasteiger partial charge is 0.340 e. The Morgan fingerprint density at radius 1 is 1.24 bits per heavy atom. The first-order valence-corrected chi connectivity index (χ1v) is 7.19. The Morgan fingerprint density at radius 3 is 2.52 bits per heavy atom. The summed E-state index contributed by atoms with van der Waals surface area (Å²) in [6.45, 7) is 1.43. The summed E-state index contributed by atoms with van der Waals surface area (Å²) in [4.78, 5) is 15.6. The summed E-state index contributed by atoms with van der Waals surface area (Å²) in [5.74, 6) is -0.244. The van der Waals surface area contributed by atoms with Crippen LogP contribution in [0.2, 0.25) is 0 Å². The van der Waals surface area contributed by atoms with Crippen molar-refractivity contribution in [3.63, 3.8) is 0 Å². The van der Waals surface area contributed by atoms with Gasteiger partial charge in [0.1, 0.15) is 5.82 Å². The summed E-state index contributed by atoms with van der Waals surface area (Å²) in [5.41, 5.74) is 0.924. The smallest absolute Gasteiger partial charge is 0.263 e. The first kappa shape index (κ1) is 17.6. The minimum absolute atomic E-state index is 0. The minimum atomic E-state index is -0.256. The van der Waals surface area contributed by atoms with Crippen LogP contribution in [0.5, 0.6) is 0 Å². The number of likely N-dealkylation sites (N-methyl/N-ethyl adjacent to an activating group) is 2.